The molecule has 0 saturated heterocycles. The van der Waals surface area contributed by atoms with E-state index in [2.05, 4.69) is 23.5 Å². The lowest BCUT2D eigenvalue weighted by Gasteiger charge is -2.20. The maximum Gasteiger partial charge on any atom is 0.227 e. The Labute approximate surface area is 156 Å². The van der Waals surface area contributed by atoms with Gasteiger partial charge in [-0.2, -0.15) is 5.26 Å². The van der Waals surface area contributed by atoms with Crippen LogP contribution in [0.3, 0.4) is 0 Å². The van der Waals surface area contributed by atoms with Crippen LogP contribution in [0.2, 0.25) is 0 Å². The molecule has 0 saturated carbocycles. The largest absolute Gasteiger partial charge is 0.326 e. The van der Waals surface area contributed by atoms with Gasteiger partial charge < -0.3 is 5.32 Å². The highest BCUT2D eigenvalue weighted by atomic mass is 32.1. The number of carbonyl (C=O) groups excluding carboxylic acids is 1. The first kappa shape index (κ1) is 16.5. The normalized spacial score (nSPS) is 15.7. The van der Waals surface area contributed by atoms with Gasteiger partial charge in [-0.05, 0) is 43.5 Å². The summed E-state index contributed by atoms with van der Waals surface area (Å²) in [4.78, 5) is 18.6. The van der Waals surface area contributed by atoms with E-state index in [0.29, 0.717) is 5.56 Å². The predicted octanol–water partition coefficient (Wildman–Crippen LogP) is 4.43. The number of hydrogen-bond acceptors (Lipinski definition) is 4. The molecular weight excluding hydrogens is 342 g/mol. The first-order chi connectivity index (χ1) is 12.7. The molecule has 0 aliphatic heterocycles. The van der Waals surface area contributed by atoms with Crippen molar-refractivity contribution in [1.29, 1.82) is 5.26 Å². The molecular formula is C21H17N3OS. The van der Waals surface area contributed by atoms with E-state index in [1.54, 1.807) is 35.6 Å². The molecule has 1 amide bonds. The molecule has 1 heterocycles. The van der Waals surface area contributed by atoms with E-state index in [9.17, 15) is 4.79 Å². The molecule has 2 aromatic carbocycles. The summed E-state index contributed by atoms with van der Waals surface area (Å²) in [5, 5.41) is 12.8. The van der Waals surface area contributed by atoms with Crippen LogP contribution in [-0.4, -0.2) is 10.9 Å². The Morgan fingerprint density at radius 3 is 2.65 bits per heavy atom. The van der Waals surface area contributed by atoms with Crippen LogP contribution >= 0.6 is 11.3 Å². The van der Waals surface area contributed by atoms with Gasteiger partial charge in [0.25, 0.3) is 0 Å². The van der Waals surface area contributed by atoms with Gasteiger partial charge in [-0.3, -0.25) is 4.79 Å². The van der Waals surface area contributed by atoms with E-state index in [1.165, 1.54) is 4.88 Å². The second kappa shape index (κ2) is 7.11. The summed E-state index contributed by atoms with van der Waals surface area (Å²) in [6.07, 6.45) is 2.39. The van der Waals surface area contributed by atoms with Crippen molar-refractivity contribution < 1.29 is 4.79 Å². The average Bonchev–Trinajstić information content (AvgIpc) is 3.12. The number of rotatable bonds is 3. The number of benzene rings is 2. The van der Waals surface area contributed by atoms with Crippen LogP contribution in [0.1, 0.15) is 22.6 Å². The molecule has 26 heavy (non-hydrogen) atoms. The van der Waals surface area contributed by atoms with E-state index in [0.717, 1.165) is 41.2 Å². The number of nitrogens with zero attached hydrogens (tertiary/aromatic N) is 2. The molecule has 0 spiro atoms. The second-order valence-corrected chi connectivity index (χ2v) is 7.46. The molecule has 3 aromatic rings. The molecule has 5 heteroatoms. The van der Waals surface area contributed by atoms with Crippen molar-refractivity contribution in [3.63, 3.8) is 0 Å². The number of nitriles is 1. The minimum Gasteiger partial charge on any atom is -0.326 e. The maximum absolute atomic E-state index is 12.6. The molecule has 4 nitrogen and oxygen atoms in total. The fourth-order valence-corrected chi connectivity index (χ4v) is 4.37. The van der Waals surface area contributed by atoms with Crippen molar-refractivity contribution in [3.05, 3.63) is 70.7 Å². The minimum atomic E-state index is -0.0396. The van der Waals surface area contributed by atoms with Crippen LogP contribution in [0.5, 0.6) is 0 Å². The molecule has 1 aliphatic carbocycles. The molecule has 1 unspecified atom stereocenters. The summed E-state index contributed by atoms with van der Waals surface area (Å²) >= 11 is 1.69. The number of anilines is 1. The van der Waals surface area contributed by atoms with Gasteiger partial charge in [0.1, 0.15) is 5.01 Å². The Kier molecular flexibility index (Phi) is 4.51. The highest BCUT2D eigenvalue weighted by Gasteiger charge is 2.27. The van der Waals surface area contributed by atoms with Gasteiger partial charge in [-0.25, -0.2) is 4.98 Å². The Balaban J connectivity index is 1.46. The zero-order chi connectivity index (χ0) is 17.9. The fourth-order valence-electron chi connectivity index (χ4n) is 3.18. The quantitative estimate of drug-likeness (QED) is 0.752. The highest BCUT2D eigenvalue weighted by molar-refractivity contribution is 7.15. The first-order valence-electron chi connectivity index (χ1n) is 8.58. The van der Waals surface area contributed by atoms with Crippen LogP contribution in [0.15, 0.2) is 54.6 Å². The number of amides is 1. The lowest BCUT2D eigenvalue weighted by Crippen LogP contribution is -2.27. The molecule has 1 aromatic heterocycles. The van der Waals surface area contributed by atoms with Crippen LogP contribution in [-0.2, 0) is 17.6 Å². The van der Waals surface area contributed by atoms with Gasteiger partial charge in [-0.1, -0.05) is 30.3 Å². The molecule has 1 aliphatic rings. The van der Waals surface area contributed by atoms with E-state index >= 15 is 0 Å². The lowest BCUT2D eigenvalue weighted by atomic mass is 9.90. The third kappa shape index (κ3) is 3.37. The summed E-state index contributed by atoms with van der Waals surface area (Å²) in [6.45, 7) is 0. The van der Waals surface area contributed by atoms with Gasteiger partial charge in [0.2, 0.25) is 5.91 Å². The van der Waals surface area contributed by atoms with Crippen molar-refractivity contribution in [2.45, 2.75) is 19.3 Å². The lowest BCUT2D eigenvalue weighted by molar-refractivity contribution is -0.120. The van der Waals surface area contributed by atoms with E-state index < -0.39 is 0 Å². The number of aryl methyl sites for hydroxylation is 1. The number of nitrogens with one attached hydrogen (secondary N) is 1. The smallest absolute Gasteiger partial charge is 0.227 e. The van der Waals surface area contributed by atoms with E-state index in [1.807, 2.05) is 18.2 Å². The summed E-state index contributed by atoms with van der Waals surface area (Å²) in [6, 6.07) is 19.2. The Bertz CT molecular complexity index is 971. The van der Waals surface area contributed by atoms with Crippen LogP contribution in [0.4, 0.5) is 5.69 Å². The van der Waals surface area contributed by atoms with Gasteiger partial charge in [-0.15, -0.1) is 11.3 Å². The molecule has 0 radical (unpaired) electrons. The van der Waals surface area contributed by atoms with Crippen molar-refractivity contribution in [3.8, 4) is 16.6 Å². The standard InChI is InChI=1S/C21H17N3OS/c22-13-14-6-9-17(10-7-14)23-20(25)16-8-11-18-19(12-16)26-21(24-18)15-4-2-1-3-5-15/h1-7,9-10,16H,8,11-12H2,(H,23,25). The third-order valence-corrected chi connectivity index (χ3v) is 5.78. The van der Waals surface area contributed by atoms with Crippen LogP contribution < -0.4 is 5.32 Å². The highest BCUT2D eigenvalue weighted by Crippen LogP contribution is 2.35. The summed E-state index contributed by atoms with van der Waals surface area (Å²) < 4.78 is 0. The number of carbonyl (C=O) groups is 1. The summed E-state index contributed by atoms with van der Waals surface area (Å²) in [7, 11) is 0. The molecule has 0 bridgehead atoms. The average molecular weight is 359 g/mol. The molecule has 1 N–H and O–H groups in total. The minimum absolute atomic E-state index is 0.0371. The molecule has 1 atom stereocenters. The first-order valence-corrected chi connectivity index (χ1v) is 9.39. The number of hydrogen-bond donors (Lipinski definition) is 1. The van der Waals surface area contributed by atoms with Crippen molar-refractivity contribution in [1.82, 2.24) is 4.98 Å². The van der Waals surface area contributed by atoms with Crippen molar-refractivity contribution >= 4 is 22.9 Å². The van der Waals surface area contributed by atoms with E-state index in [-0.39, 0.29) is 11.8 Å². The van der Waals surface area contributed by atoms with Gasteiger partial charge in [0.05, 0.1) is 17.3 Å². The van der Waals surface area contributed by atoms with Crippen molar-refractivity contribution in [2.75, 3.05) is 5.32 Å². The van der Waals surface area contributed by atoms with Gasteiger partial charge in [0, 0.05) is 22.0 Å². The molecule has 128 valence electrons. The maximum atomic E-state index is 12.6. The topological polar surface area (TPSA) is 65.8 Å². The number of thiazole rings is 1. The molecule has 0 fully saturated rings. The third-order valence-electron chi connectivity index (χ3n) is 4.61. The van der Waals surface area contributed by atoms with Crippen LogP contribution in [0, 0.1) is 17.2 Å². The Morgan fingerprint density at radius 2 is 1.92 bits per heavy atom. The Hall–Kier alpha value is -2.97. The summed E-state index contributed by atoms with van der Waals surface area (Å²) in [5.41, 5.74) is 3.58. The number of aromatic nitrogens is 1. The predicted molar refractivity (Wildman–Crippen MR) is 103 cm³/mol. The zero-order valence-electron chi connectivity index (χ0n) is 14.1. The second-order valence-electron chi connectivity index (χ2n) is 6.37. The molecule has 4 rings (SSSR count). The van der Waals surface area contributed by atoms with Gasteiger partial charge in [0.15, 0.2) is 0 Å². The summed E-state index contributed by atoms with van der Waals surface area (Å²) in [5.74, 6) is -0.00256. The van der Waals surface area contributed by atoms with E-state index in [4.69, 9.17) is 10.2 Å². The van der Waals surface area contributed by atoms with Crippen LogP contribution in [0.25, 0.3) is 10.6 Å². The fraction of sp³-hybridized carbons (Fsp3) is 0.190. The Morgan fingerprint density at radius 1 is 1.15 bits per heavy atom. The SMILES string of the molecule is N#Cc1ccc(NC(=O)C2CCc3nc(-c4ccccc4)sc3C2)cc1. The zero-order valence-corrected chi connectivity index (χ0v) is 14.9. The van der Waals surface area contributed by atoms with Crippen molar-refractivity contribution in [2.24, 2.45) is 5.92 Å². The number of fused-ring (bicyclic) bond motifs is 1. The van der Waals surface area contributed by atoms with Gasteiger partial charge >= 0.3 is 0 Å². The monoisotopic (exact) mass is 359 g/mol.